The number of hydrogen-bond acceptors (Lipinski definition) is 7. The van der Waals surface area contributed by atoms with Gasteiger partial charge in [-0.3, -0.25) is 9.59 Å². The van der Waals surface area contributed by atoms with Crippen molar-refractivity contribution in [2.75, 3.05) is 36.5 Å². The van der Waals surface area contributed by atoms with Gasteiger partial charge < -0.3 is 26.0 Å². The zero-order valence-electron chi connectivity index (χ0n) is 19.7. The SMILES string of the molecule is Cc1cc(C(C)(N)NC(=O)c2cc3c(cc2F)C(=O)C2=CC=CCC2N3)cnc1N1CCOCC1. The number of nitrogens with zero attached hydrogens (tertiary/aromatic N) is 2. The molecule has 1 amide bonds. The normalized spacial score (nSPS) is 20.8. The second kappa shape index (κ2) is 8.90. The average molecular weight is 478 g/mol. The number of ether oxygens (including phenoxy) is 1. The number of Topliss-reactive ketones (excluding diaryl/α,β-unsaturated/α-hetero) is 1. The summed E-state index contributed by atoms with van der Waals surface area (Å²) in [5.41, 5.74) is 7.73. The molecule has 1 saturated heterocycles. The van der Waals surface area contributed by atoms with Crippen LogP contribution >= 0.6 is 0 Å². The summed E-state index contributed by atoms with van der Waals surface area (Å²) in [5, 5.41) is 5.97. The molecule has 1 aromatic heterocycles. The number of rotatable bonds is 4. The van der Waals surface area contributed by atoms with Crippen LogP contribution in [0.25, 0.3) is 0 Å². The first-order valence-corrected chi connectivity index (χ1v) is 11.7. The van der Waals surface area contributed by atoms with E-state index in [1.165, 1.54) is 6.07 Å². The van der Waals surface area contributed by atoms with Gasteiger partial charge in [0.15, 0.2) is 5.78 Å². The van der Waals surface area contributed by atoms with Crippen molar-refractivity contribution < 1.29 is 18.7 Å². The van der Waals surface area contributed by atoms with E-state index in [1.54, 1.807) is 19.2 Å². The van der Waals surface area contributed by atoms with E-state index in [9.17, 15) is 14.0 Å². The molecule has 2 unspecified atom stereocenters. The first-order valence-electron chi connectivity index (χ1n) is 11.7. The highest BCUT2D eigenvalue weighted by Gasteiger charge is 2.33. The molecule has 182 valence electrons. The van der Waals surface area contributed by atoms with Crippen molar-refractivity contribution in [2.45, 2.75) is 32.0 Å². The third kappa shape index (κ3) is 4.33. The smallest absolute Gasteiger partial charge is 0.256 e. The molecule has 0 radical (unpaired) electrons. The van der Waals surface area contributed by atoms with E-state index in [-0.39, 0.29) is 23.0 Å². The second-order valence-corrected chi connectivity index (χ2v) is 9.31. The number of morpholine rings is 1. The number of benzene rings is 1. The molecule has 2 aliphatic heterocycles. The van der Waals surface area contributed by atoms with Gasteiger partial charge in [-0.2, -0.15) is 0 Å². The van der Waals surface area contributed by atoms with Gasteiger partial charge in [-0.15, -0.1) is 0 Å². The number of carbonyl (C=O) groups excluding carboxylic acids is 2. The minimum Gasteiger partial charge on any atom is -0.378 e. The van der Waals surface area contributed by atoms with Crippen LogP contribution in [0, 0.1) is 12.7 Å². The summed E-state index contributed by atoms with van der Waals surface area (Å²) >= 11 is 0. The van der Waals surface area contributed by atoms with Crippen LogP contribution < -0.4 is 21.3 Å². The number of aryl methyl sites for hydroxylation is 1. The number of amides is 1. The maximum Gasteiger partial charge on any atom is 0.256 e. The van der Waals surface area contributed by atoms with Crippen molar-refractivity contribution >= 4 is 23.2 Å². The number of aromatic nitrogens is 1. The van der Waals surface area contributed by atoms with Crippen molar-refractivity contribution in [2.24, 2.45) is 5.73 Å². The average Bonchev–Trinajstić information content (AvgIpc) is 2.84. The lowest BCUT2D eigenvalue weighted by Crippen LogP contribution is -2.51. The van der Waals surface area contributed by atoms with E-state index in [0.717, 1.165) is 30.5 Å². The molecule has 1 aromatic carbocycles. The van der Waals surface area contributed by atoms with E-state index in [0.29, 0.717) is 36.5 Å². The highest BCUT2D eigenvalue weighted by molar-refractivity contribution is 6.16. The fourth-order valence-corrected chi connectivity index (χ4v) is 4.73. The van der Waals surface area contributed by atoms with Crippen LogP contribution in [0.3, 0.4) is 0 Å². The minimum absolute atomic E-state index is 0.186. The zero-order chi connectivity index (χ0) is 24.7. The molecular formula is C26H28FN5O3. The molecule has 3 heterocycles. The molecule has 8 nitrogen and oxygen atoms in total. The number of nitrogens with two attached hydrogens (primary N) is 1. The second-order valence-electron chi connectivity index (χ2n) is 9.31. The van der Waals surface area contributed by atoms with Crippen LogP contribution in [0.15, 0.2) is 48.2 Å². The third-order valence-electron chi connectivity index (χ3n) is 6.68. The Morgan fingerprint density at radius 3 is 2.83 bits per heavy atom. The lowest BCUT2D eigenvalue weighted by atomic mass is 9.86. The molecule has 1 fully saturated rings. The van der Waals surface area contributed by atoms with Crippen LogP contribution in [0.1, 0.15) is 45.2 Å². The number of hydrogen-bond donors (Lipinski definition) is 3. The van der Waals surface area contributed by atoms with E-state index < -0.39 is 17.4 Å². The lowest BCUT2D eigenvalue weighted by molar-refractivity contribution is 0.0901. The Balaban J connectivity index is 1.37. The largest absolute Gasteiger partial charge is 0.378 e. The molecular weight excluding hydrogens is 449 g/mol. The Morgan fingerprint density at radius 2 is 2.09 bits per heavy atom. The van der Waals surface area contributed by atoms with Gasteiger partial charge in [0.05, 0.1) is 24.8 Å². The summed E-state index contributed by atoms with van der Waals surface area (Å²) in [5.74, 6) is -0.843. The summed E-state index contributed by atoms with van der Waals surface area (Å²) in [6.07, 6.45) is 7.79. The molecule has 0 spiro atoms. The molecule has 2 aromatic rings. The molecule has 0 bridgehead atoms. The molecule has 4 N–H and O–H groups in total. The Bertz CT molecular complexity index is 1260. The molecule has 0 saturated carbocycles. The van der Waals surface area contributed by atoms with Crippen LogP contribution in [-0.2, 0) is 10.4 Å². The summed E-state index contributed by atoms with van der Waals surface area (Å²) in [4.78, 5) is 32.6. The highest BCUT2D eigenvalue weighted by atomic mass is 19.1. The lowest BCUT2D eigenvalue weighted by Gasteiger charge is -2.31. The summed E-state index contributed by atoms with van der Waals surface area (Å²) in [7, 11) is 0. The maximum absolute atomic E-state index is 15.0. The topological polar surface area (TPSA) is 110 Å². The monoisotopic (exact) mass is 477 g/mol. The fourth-order valence-electron chi connectivity index (χ4n) is 4.73. The van der Waals surface area contributed by atoms with Crippen molar-refractivity contribution in [3.63, 3.8) is 0 Å². The number of ketones is 1. The van der Waals surface area contributed by atoms with Gasteiger partial charge in [0, 0.05) is 41.7 Å². The minimum atomic E-state index is -1.30. The van der Waals surface area contributed by atoms with Crippen molar-refractivity contribution in [3.8, 4) is 0 Å². The molecule has 3 aliphatic rings. The first-order chi connectivity index (χ1) is 16.7. The van der Waals surface area contributed by atoms with Crippen LogP contribution in [0.2, 0.25) is 0 Å². The zero-order valence-corrected chi connectivity index (χ0v) is 19.7. The van der Waals surface area contributed by atoms with Crippen molar-refractivity contribution in [1.29, 1.82) is 0 Å². The summed E-state index contributed by atoms with van der Waals surface area (Å²) in [6.45, 7) is 6.39. The third-order valence-corrected chi connectivity index (χ3v) is 6.68. The van der Waals surface area contributed by atoms with Crippen molar-refractivity contribution in [3.05, 3.63) is 76.3 Å². The Kier molecular flexibility index (Phi) is 5.90. The maximum atomic E-state index is 15.0. The quantitative estimate of drug-likeness (QED) is 0.581. The van der Waals surface area contributed by atoms with Gasteiger partial charge in [-0.05, 0) is 44.0 Å². The van der Waals surface area contributed by atoms with Crippen molar-refractivity contribution in [1.82, 2.24) is 10.3 Å². The van der Waals surface area contributed by atoms with Gasteiger partial charge >= 0.3 is 0 Å². The van der Waals surface area contributed by atoms with Gasteiger partial charge in [0.2, 0.25) is 0 Å². The Morgan fingerprint density at radius 1 is 1.31 bits per heavy atom. The first kappa shape index (κ1) is 23.2. The van der Waals surface area contributed by atoms with Gasteiger partial charge in [0.25, 0.3) is 5.91 Å². The Hall–Kier alpha value is -3.56. The van der Waals surface area contributed by atoms with E-state index >= 15 is 0 Å². The number of anilines is 2. The molecule has 2 atom stereocenters. The van der Waals surface area contributed by atoms with E-state index in [1.807, 2.05) is 25.1 Å². The molecule has 35 heavy (non-hydrogen) atoms. The molecule has 9 heteroatoms. The van der Waals surface area contributed by atoms with Crippen LogP contribution in [-0.4, -0.2) is 49.0 Å². The van der Waals surface area contributed by atoms with Gasteiger partial charge in [-0.25, -0.2) is 9.37 Å². The number of halogens is 1. The van der Waals surface area contributed by atoms with Crippen LogP contribution in [0.5, 0.6) is 0 Å². The van der Waals surface area contributed by atoms with E-state index in [4.69, 9.17) is 10.5 Å². The number of fused-ring (bicyclic) bond motifs is 2. The summed E-state index contributed by atoms with van der Waals surface area (Å²) < 4.78 is 20.4. The van der Waals surface area contributed by atoms with E-state index in [2.05, 4.69) is 20.5 Å². The van der Waals surface area contributed by atoms with Gasteiger partial charge in [-0.1, -0.05) is 18.2 Å². The fraction of sp³-hybridized carbons (Fsp3) is 0.346. The molecule has 5 rings (SSSR count). The predicted octanol–water partition coefficient (Wildman–Crippen LogP) is 2.79. The Labute approximate surface area is 203 Å². The van der Waals surface area contributed by atoms with Crippen LogP contribution in [0.4, 0.5) is 15.9 Å². The number of allylic oxidation sites excluding steroid dienone is 2. The number of carbonyl (C=O) groups is 2. The molecule has 1 aliphatic carbocycles. The number of nitrogens with one attached hydrogen (secondary N) is 2. The number of pyridine rings is 1. The summed E-state index contributed by atoms with van der Waals surface area (Å²) in [6, 6.07) is 4.19. The predicted molar refractivity (Wildman–Crippen MR) is 131 cm³/mol. The standard InChI is InChI=1S/C26H28FN5O3/c1-15-11-16(14-29-24(15)32-7-9-35-10-8-32)26(2,28)31-25(34)18-13-22-19(12-20(18)27)23(33)17-5-3-4-6-21(17)30-22/h3-5,11-14,21,30H,6-10,28H2,1-2H3,(H,31,34). The highest BCUT2D eigenvalue weighted by Crippen LogP contribution is 2.33. The van der Waals surface area contributed by atoms with Gasteiger partial charge in [0.1, 0.15) is 17.3 Å².